The number of carbonyl (C=O) groups excluding carboxylic acids is 1. The van der Waals surface area contributed by atoms with E-state index in [9.17, 15) is 4.79 Å². The van der Waals surface area contributed by atoms with Crippen LogP contribution in [-0.2, 0) is 35.3 Å². The molecule has 160 valence electrons. The standard InChI is InChI=1S/C25H33N3O2/c29-25(19-22-6-7-23-4-1-2-5-24(23)18-22)28(20-21-8-10-26-11-9-21)13-3-12-27-14-16-30-17-15-27/h6-11,18H,1-5,12-17,19-20H2. The molecule has 0 bridgehead atoms. The minimum atomic E-state index is 0.213. The maximum Gasteiger partial charge on any atom is 0.227 e. The van der Waals surface area contributed by atoms with Crippen molar-refractivity contribution in [2.24, 2.45) is 0 Å². The second-order valence-electron chi connectivity index (χ2n) is 8.47. The first kappa shape index (κ1) is 21.0. The van der Waals surface area contributed by atoms with Gasteiger partial charge in [0.1, 0.15) is 0 Å². The van der Waals surface area contributed by atoms with Crippen molar-refractivity contribution in [3.05, 3.63) is 65.0 Å². The first-order valence-corrected chi connectivity index (χ1v) is 11.4. The summed E-state index contributed by atoms with van der Waals surface area (Å²) < 4.78 is 5.44. The van der Waals surface area contributed by atoms with E-state index < -0.39 is 0 Å². The average Bonchev–Trinajstić information content (AvgIpc) is 2.80. The normalized spacial score (nSPS) is 16.8. The van der Waals surface area contributed by atoms with Gasteiger partial charge in [-0.15, -0.1) is 0 Å². The van der Waals surface area contributed by atoms with Gasteiger partial charge in [-0.1, -0.05) is 18.2 Å². The van der Waals surface area contributed by atoms with Gasteiger partial charge in [-0.3, -0.25) is 14.7 Å². The summed E-state index contributed by atoms with van der Waals surface area (Å²) in [7, 11) is 0. The molecule has 0 N–H and O–H groups in total. The average molecular weight is 408 g/mol. The lowest BCUT2D eigenvalue weighted by Crippen LogP contribution is -2.39. The molecule has 0 atom stereocenters. The number of nitrogens with zero attached hydrogens (tertiary/aromatic N) is 3. The Kier molecular flexibility index (Phi) is 7.49. The molecule has 4 rings (SSSR count). The van der Waals surface area contributed by atoms with Crippen molar-refractivity contribution in [2.75, 3.05) is 39.4 Å². The number of hydrogen-bond donors (Lipinski definition) is 0. The number of pyridine rings is 1. The number of rotatable bonds is 8. The quantitative estimate of drug-likeness (QED) is 0.674. The fourth-order valence-electron chi connectivity index (χ4n) is 4.49. The Balaban J connectivity index is 1.39. The van der Waals surface area contributed by atoms with Crippen LogP contribution in [0, 0.1) is 0 Å². The Morgan fingerprint density at radius 2 is 1.77 bits per heavy atom. The first-order chi connectivity index (χ1) is 14.8. The van der Waals surface area contributed by atoms with Crippen LogP contribution >= 0.6 is 0 Å². The molecule has 5 nitrogen and oxygen atoms in total. The lowest BCUT2D eigenvalue weighted by Gasteiger charge is -2.28. The summed E-state index contributed by atoms with van der Waals surface area (Å²) in [5.74, 6) is 0.213. The highest BCUT2D eigenvalue weighted by Crippen LogP contribution is 2.23. The Morgan fingerprint density at radius 3 is 2.57 bits per heavy atom. The minimum Gasteiger partial charge on any atom is -0.379 e. The Bertz CT molecular complexity index is 818. The molecule has 30 heavy (non-hydrogen) atoms. The van der Waals surface area contributed by atoms with E-state index in [1.807, 2.05) is 17.0 Å². The lowest BCUT2D eigenvalue weighted by molar-refractivity contribution is -0.131. The highest BCUT2D eigenvalue weighted by molar-refractivity contribution is 5.79. The Labute approximate surface area is 180 Å². The van der Waals surface area contributed by atoms with Gasteiger partial charge < -0.3 is 9.64 Å². The van der Waals surface area contributed by atoms with Crippen molar-refractivity contribution >= 4 is 5.91 Å². The van der Waals surface area contributed by atoms with Crippen LogP contribution in [0.5, 0.6) is 0 Å². The number of carbonyl (C=O) groups is 1. The molecule has 0 radical (unpaired) electrons. The summed E-state index contributed by atoms with van der Waals surface area (Å²) in [5, 5.41) is 0. The van der Waals surface area contributed by atoms with E-state index in [1.54, 1.807) is 12.4 Å². The van der Waals surface area contributed by atoms with Gasteiger partial charge in [-0.05, 0) is 66.5 Å². The van der Waals surface area contributed by atoms with Gasteiger partial charge in [0.2, 0.25) is 5.91 Å². The molecular formula is C25H33N3O2. The number of ether oxygens (including phenoxy) is 1. The summed E-state index contributed by atoms with van der Waals surface area (Å²) in [6.45, 7) is 6.07. The van der Waals surface area contributed by atoms with E-state index in [-0.39, 0.29) is 5.91 Å². The third-order valence-corrected chi connectivity index (χ3v) is 6.25. The molecule has 1 amide bonds. The summed E-state index contributed by atoms with van der Waals surface area (Å²) >= 11 is 0. The number of morpholine rings is 1. The van der Waals surface area contributed by atoms with Crippen molar-refractivity contribution in [3.8, 4) is 0 Å². The highest BCUT2D eigenvalue weighted by Gasteiger charge is 2.17. The zero-order valence-electron chi connectivity index (χ0n) is 17.9. The maximum absolute atomic E-state index is 13.2. The van der Waals surface area contributed by atoms with Crippen LogP contribution in [-0.4, -0.2) is 60.1 Å². The molecular weight excluding hydrogens is 374 g/mol. The van der Waals surface area contributed by atoms with Crippen LogP contribution in [0.3, 0.4) is 0 Å². The van der Waals surface area contributed by atoms with Gasteiger partial charge in [0, 0.05) is 45.1 Å². The third-order valence-electron chi connectivity index (χ3n) is 6.25. The molecule has 1 fully saturated rings. The fraction of sp³-hybridized carbons (Fsp3) is 0.520. The molecule has 1 aromatic heterocycles. The molecule has 0 unspecified atom stereocenters. The van der Waals surface area contributed by atoms with Gasteiger partial charge in [0.15, 0.2) is 0 Å². The summed E-state index contributed by atoms with van der Waals surface area (Å²) in [6, 6.07) is 10.7. The number of aryl methyl sites for hydroxylation is 2. The van der Waals surface area contributed by atoms with Crippen molar-refractivity contribution in [1.29, 1.82) is 0 Å². The zero-order chi connectivity index (χ0) is 20.6. The first-order valence-electron chi connectivity index (χ1n) is 11.4. The largest absolute Gasteiger partial charge is 0.379 e. The summed E-state index contributed by atoms with van der Waals surface area (Å²) in [4.78, 5) is 21.8. The molecule has 2 aliphatic rings. The maximum atomic E-state index is 13.2. The van der Waals surface area contributed by atoms with Crippen LogP contribution in [0.15, 0.2) is 42.7 Å². The molecule has 0 saturated carbocycles. The number of fused-ring (bicyclic) bond motifs is 1. The van der Waals surface area contributed by atoms with E-state index in [1.165, 1.54) is 30.4 Å². The van der Waals surface area contributed by atoms with E-state index in [2.05, 4.69) is 28.1 Å². The summed E-state index contributed by atoms with van der Waals surface area (Å²) in [6.07, 6.45) is 9.95. The second-order valence-corrected chi connectivity index (χ2v) is 8.47. The molecule has 0 spiro atoms. The highest BCUT2D eigenvalue weighted by atomic mass is 16.5. The molecule has 1 saturated heterocycles. The van der Waals surface area contributed by atoms with Gasteiger partial charge in [0.05, 0.1) is 19.6 Å². The van der Waals surface area contributed by atoms with Gasteiger partial charge in [-0.2, -0.15) is 0 Å². The van der Waals surface area contributed by atoms with Crippen LogP contribution in [0.25, 0.3) is 0 Å². The molecule has 2 heterocycles. The Hall–Kier alpha value is -2.24. The lowest BCUT2D eigenvalue weighted by atomic mass is 9.90. The van der Waals surface area contributed by atoms with E-state index >= 15 is 0 Å². The third kappa shape index (κ3) is 5.89. The van der Waals surface area contributed by atoms with Gasteiger partial charge in [-0.25, -0.2) is 0 Å². The van der Waals surface area contributed by atoms with Crippen LogP contribution < -0.4 is 0 Å². The van der Waals surface area contributed by atoms with Gasteiger partial charge >= 0.3 is 0 Å². The van der Waals surface area contributed by atoms with E-state index in [4.69, 9.17) is 4.74 Å². The summed E-state index contributed by atoms with van der Waals surface area (Å²) in [5.41, 5.74) is 5.19. The predicted octanol–water partition coefficient (Wildman–Crippen LogP) is 3.25. The molecule has 1 aromatic carbocycles. The monoisotopic (exact) mass is 407 g/mol. The molecule has 2 aromatic rings. The van der Waals surface area contributed by atoms with Crippen molar-refractivity contribution in [1.82, 2.24) is 14.8 Å². The van der Waals surface area contributed by atoms with Crippen LogP contribution in [0.2, 0.25) is 0 Å². The van der Waals surface area contributed by atoms with Gasteiger partial charge in [0.25, 0.3) is 0 Å². The van der Waals surface area contributed by atoms with Crippen molar-refractivity contribution in [3.63, 3.8) is 0 Å². The second kappa shape index (κ2) is 10.7. The molecule has 1 aliphatic heterocycles. The van der Waals surface area contributed by atoms with E-state index in [0.29, 0.717) is 13.0 Å². The van der Waals surface area contributed by atoms with Crippen LogP contribution in [0.1, 0.15) is 41.5 Å². The topological polar surface area (TPSA) is 45.7 Å². The molecule has 5 heteroatoms. The number of amides is 1. The van der Waals surface area contributed by atoms with E-state index in [0.717, 1.165) is 63.4 Å². The Morgan fingerprint density at radius 1 is 1.00 bits per heavy atom. The van der Waals surface area contributed by atoms with Crippen molar-refractivity contribution in [2.45, 2.75) is 45.1 Å². The number of hydrogen-bond acceptors (Lipinski definition) is 4. The minimum absolute atomic E-state index is 0.213. The number of aromatic nitrogens is 1. The zero-order valence-corrected chi connectivity index (χ0v) is 17.9. The van der Waals surface area contributed by atoms with Crippen LogP contribution in [0.4, 0.5) is 0 Å². The number of benzene rings is 1. The van der Waals surface area contributed by atoms with Crippen molar-refractivity contribution < 1.29 is 9.53 Å². The predicted molar refractivity (Wildman–Crippen MR) is 118 cm³/mol. The SMILES string of the molecule is O=C(Cc1ccc2c(c1)CCCC2)N(CCCN1CCOCC1)Cc1ccncc1. The molecule has 1 aliphatic carbocycles. The smallest absolute Gasteiger partial charge is 0.227 e. The fourth-order valence-corrected chi connectivity index (χ4v) is 4.49.